The number of anilines is 2. The van der Waals surface area contributed by atoms with Crippen LogP contribution in [0.15, 0.2) is 30.6 Å². The minimum Gasteiger partial charge on any atom is -0.382 e. The highest BCUT2D eigenvalue weighted by molar-refractivity contribution is 6.34. The lowest BCUT2D eigenvalue weighted by Gasteiger charge is -2.49. The van der Waals surface area contributed by atoms with Gasteiger partial charge in [-0.2, -0.15) is 10.4 Å². The summed E-state index contributed by atoms with van der Waals surface area (Å²) in [5.74, 6) is -0.187. The van der Waals surface area contributed by atoms with Crippen molar-refractivity contribution in [1.29, 1.82) is 5.26 Å². The molecule has 10 heteroatoms. The fourth-order valence-corrected chi connectivity index (χ4v) is 4.48. The fraction of sp³-hybridized carbons (Fsp3) is 0.318. The van der Waals surface area contributed by atoms with Gasteiger partial charge in [0.25, 0.3) is 5.91 Å². The summed E-state index contributed by atoms with van der Waals surface area (Å²) in [5.41, 5.74) is 7.55. The number of piperazine rings is 1. The molecule has 0 radical (unpaired) electrons. The van der Waals surface area contributed by atoms with Gasteiger partial charge in [0.15, 0.2) is 5.82 Å². The molecule has 4 rings (SSSR count). The van der Waals surface area contributed by atoms with E-state index < -0.39 is 5.54 Å². The van der Waals surface area contributed by atoms with E-state index in [1.165, 1.54) is 13.3 Å². The molecule has 0 spiro atoms. The molecule has 2 aromatic heterocycles. The number of nitrogens with two attached hydrogens (primary N) is 1. The molecule has 1 fully saturated rings. The number of hydrogen-bond donors (Lipinski definition) is 1. The summed E-state index contributed by atoms with van der Waals surface area (Å²) in [4.78, 5) is 32.8. The molecule has 1 saturated heterocycles. The number of fused-ring (bicyclic) bond motifs is 1. The second-order valence-electron chi connectivity index (χ2n) is 8.34. The van der Waals surface area contributed by atoms with E-state index >= 15 is 0 Å². The standard InChI is InChI=1S/C22H22ClN7O2/c1-12-10-28(13(2)31)22(3,4)21(32)29(12)18-7-14(5-6-16(18)23)17-8-15(9-24)19-20(25)26-11-27-30(17)19/h5-8,11-12H,10H2,1-4H3,(H2,25,26,27). The molecule has 1 unspecified atom stereocenters. The molecular weight excluding hydrogens is 430 g/mol. The van der Waals surface area contributed by atoms with Crippen LogP contribution in [0.4, 0.5) is 11.5 Å². The molecule has 2 amide bonds. The van der Waals surface area contributed by atoms with Crippen LogP contribution in [0.25, 0.3) is 16.8 Å². The van der Waals surface area contributed by atoms with Crippen molar-refractivity contribution in [2.75, 3.05) is 17.2 Å². The first-order valence-corrected chi connectivity index (χ1v) is 10.4. The first kappa shape index (κ1) is 21.6. The van der Waals surface area contributed by atoms with Gasteiger partial charge in [-0.05, 0) is 39.0 Å². The lowest BCUT2D eigenvalue weighted by molar-refractivity contribution is -0.146. The van der Waals surface area contributed by atoms with Crippen LogP contribution < -0.4 is 10.6 Å². The van der Waals surface area contributed by atoms with Gasteiger partial charge in [-0.15, -0.1) is 0 Å². The highest BCUT2D eigenvalue weighted by Crippen LogP contribution is 2.38. The Hall–Kier alpha value is -3.64. The summed E-state index contributed by atoms with van der Waals surface area (Å²) in [7, 11) is 0. The number of hydrogen-bond acceptors (Lipinski definition) is 6. The average molecular weight is 452 g/mol. The lowest BCUT2D eigenvalue weighted by Crippen LogP contribution is -2.67. The normalized spacial score (nSPS) is 18.1. The molecule has 9 nitrogen and oxygen atoms in total. The topological polar surface area (TPSA) is 121 Å². The fourth-order valence-electron chi connectivity index (χ4n) is 4.27. The highest BCUT2D eigenvalue weighted by Gasteiger charge is 2.47. The molecule has 0 saturated carbocycles. The Balaban J connectivity index is 1.86. The van der Waals surface area contributed by atoms with Crippen LogP contribution in [0.3, 0.4) is 0 Å². The van der Waals surface area contributed by atoms with Crippen molar-refractivity contribution in [3.05, 3.63) is 41.2 Å². The number of rotatable bonds is 2. The molecule has 2 N–H and O–H groups in total. The third-order valence-electron chi connectivity index (χ3n) is 5.89. The van der Waals surface area contributed by atoms with E-state index in [1.54, 1.807) is 52.4 Å². The van der Waals surface area contributed by atoms with Crippen LogP contribution >= 0.6 is 11.6 Å². The molecule has 1 atom stereocenters. The van der Waals surface area contributed by atoms with Crippen molar-refractivity contribution in [3.8, 4) is 17.3 Å². The van der Waals surface area contributed by atoms with Gasteiger partial charge in [0, 0.05) is 19.0 Å². The molecule has 3 aromatic rings. The molecule has 1 aliphatic heterocycles. The van der Waals surface area contributed by atoms with E-state index in [4.69, 9.17) is 17.3 Å². The zero-order chi connectivity index (χ0) is 23.4. The van der Waals surface area contributed by atoms with E-state index in [0.29, 0.717) is 39.6 Å². The maximum Gasteiger partial charge on any atom is 0.252 e. The second kappa shape index (κ2) is 7.50. The molecule has 3 heterocycles. The third-order valence-corrected chi connectivity index (χ3v) is 6.21. The van der Waals surface area contributed by atoms with E-state index in [9.17, 15) is 14.9 Å². The molecule has 1 aliphatic rings. The smallest absolute Gasteiger partial charge is 0.252 e. The minimum atomic E-state index is -1.02. The van der Waals surface area contributed by atoms with E-state index in [-0.39, 0.29) is 23.7 Å². The number of benzene rings is 1. The van der Waals surface area contributed by atoms with Gasteiger partial charge >= 0.3 is 0 Å². The Labute approximate surface area is 190 Å². The van der Waals surface area contributed by atoms with Gasteiger partial charge in [0.1, 0.15) is 23.5 Å². The molecule has 32 heavy (non-hydrogen) atoms. The number of halogens is 1. The Kier molecular flexibility index (Phi) is 5.06. The van der Waals surface area contributed by atoms with Gasteiger partial charge in [-0.1, -0.05) is 17.7 Å². The monoisotopic (exact) mass is 451 g/mol. The Morgan fingerprint density at radius 3 is 2.72 bits per heavy atom. The average Bonchev–Trinajstić information content (AvgIpc) is 3.12. The second-order valence-corrected chi connectivity index (χ2v) is 8.75. The van der Waals surface area contributed by atoms with Crippen LogP contribution in [0.5, 0.6) is 0 Å². The molecular formula is C22H22ClN7O2. The van der Waals surface area contributed by atoms with Gasteiger partial charge in [-0.25, -0.2) is 9.50 Å². The number of carbonyl (C=O) groups excluding carboxylic acids is 2. The van der Waals surface area contributed by atoms with E-state index in [1.807, 2.05) is 6.92 Å². The quantitative estimate of drug-likeness (QED) is 0.639. The van der Waals surface area contributed by atoms with Crippen LogP contribution in [-0.4, -0.2) is 49.4 Å². The molecule has 1 aromatic carbocycles. The Morgan fingerprint density at radius 1 is 1.34 bits per heavy atom. The molecule has 164 valence electrons. The number of nitriles is 1. The van der Waals surface area contributed by atoms with E-state index in [2.05, 4.69) is 16.2 Å². The highest BCUT2D eigenvalue weighted by atomic mass is 35.5. The number of amides is 2. The summed E-state index contributed by atoms with van der Waals surface area (Å²) < 4.78 is 1.55. The summed E-state index contributed by atoms with van der Waals surface area (Å²) in [6.07, 6.45) is 1.32. The SMILES string of the molecule is CC(=O)N1CC(C)N(c2cc(-c3cc(C#N)c4c(N)ncnn34)ccc2Cl)C(=O)C1(C)C. The number of nitrogens with zero attached hydrogens (tertiary/aromatic N) is 6. The number of carbonyl (C=O) groups is 2. The maximum atomic E-state index is 13.5. The number of nitrogen functional groups attached to an aromatic ring is 1. The molecule has 0 aliphatic carbocycles. The van der Waals surface area contributed by atoms with Crippen molar-refractivity contribution in [3.63, 3.8) is 0 Å². The van der Waals surface area contributed by atoms with Crippen molar-refractivity contribution in [2.45, 2.75) is 39.3 Å². The van der Waals surface area contributed by atoms with Gasteiger partial charge < -0.3 is 15.5 Å². The largest absolute Gasteiger partial charge is 0.382 e. The Morgan fingerprint density at radius 2 is 2.06 bits per heavy atom. The zero-order valence-electron chi connectivity index (χ0n) is 18.1. The van der Waals surface area contributed by atoms with Crippen LogP contribution in [0.2, 0.25) is 5.02 Å². The molecule has 0 bridgehead atoms. The van der Waals surface area contributed by atoms with Crippen molar-refractivity contribution < 1.29 is 9.59 Å². The van der Waals surface area contributed by atoms with Gasteiger partial charge in [0.05, 0.1) is 28.0 Å². The first-order valence-electron chi connectivity index (χ1n) is 10.0. The van der Waals surface area contributed by atoms with Crippen molar-refractivity contribution in [1.82, 2.24) is 19.5 Å². The maximum absolute atomic E-state index is 13.5. The number of aromatic nitrogens is 3. The van der Waals surface area contributed by atoms with Crippen LogP contribution in [0.1, 0.15) is 33.3 Å². The predicted molar refractivity (Wildman–Crippen MR) is 121 cm³/mol. The predicted octanol–water partition coefficient (Wildman–Crippen LogP) is 2.87. The van der Waals surface area contributed by atoms with Crippen molar-refractivity contribution in [2.24, 2.45) is 0 Å². The Bertz CT molecular complexity index is 1310. The van der Waals surface area contributed by atoms with Crippen molar-refractivity contribution >= 4 is 40.4 Å². The van der Waals surface area contributed by atoms with Gasteiger partial charge in [0.2, 0.25) is 5.91 Å². The lowest BCUT2D eigenvalue weighted by atomic mass is 9.93. The summed E-state index contributed by atoms with van der Waals surface area (Å²) in [6.45, 7) is 7.17. The zero-order valence-corrected chi connectivity index (χ0v) is 18.9. The van der Waals surface area contributed by atoms with Crippen LogP contribution in [-0.2, 0) is 9.59 Å². The van der Waals surface area contributed by atoms with Gasteiger partial charge in [-0.3, -0.25) is 9.59 Å². The first-order chi connectivity index (χ1) is 15.1. The summed E-state index contributed by atoms with van der Waals surface area (Å²) >= 11 is 6.54. The summed E-state index contributed by atoms with van der Waals surface area (Å²) in [5, 5.41) is 14.2. The third kappa shape index (κ3) is 3.15. The minimum absolute atomic E-state index is 0.157. The van der Waals surface area contributed by atoms with E-state index in [0.717, 1.165) is 0 Å². The summed E-state index contributed by atoms with van der Waals surface area (Å²) in [6, 6.07) is 8.79. The van der Waals surface area contributed by atoms with Crippen LogP contribution in [0, 0.1) is 11.3 Å².